The molecule has 1 aliphatic heterocycles. The van der Waals surface area contributed by atoms with Crippen LogP contribution in [0.5, 0.6) is 0 Å². The van der Waals surface area contributed by atoms with Crippen molar-refractivity contribution < 1.29 is 9.90 Å². The third-order valence-corrected chi connectivity index (χ3v) is 3.05. The second kappa shape index (κ2) is 4.46. The summed E-state index contributed by atoms with van der Waals surface area (Å²) in [7, 11) is 0. The zero-order chi connectivity index (χ0) is 12.6. The molecule has 94 valence electrons. The Labute approximate surface area is 100 Å². The van der Waals surface area contributed by atoms with Crippen LogP contribution >= 0.6 is 0 Å². The molecule has 1 amide bonds. The maximum absolute atomic E-state index is 11.9. The quantitative estimate of drug-likeness (QED) is 0.724. The molecule has 0 radical (unpaired) electrons. The number of amides is 1. The number of aliphatic hydroxyl groups is 1. The number of rotatable bonds is 2. The third-order valence-electron chi connectivity index (χ3n) is 3.05. The molecule has 0 spiro atoms. The Morgan fingerprint density at radius 1 is 1.76 bits per heavy atom. The Morgan fingerprint density at radius 2 is 2.47 bits per heavy atom. The van der Waals surface area contributed by atoms with Crippen LogP contribution in [0, 0.1) is 0 Å². The lowest BCUT2D eigenvalue weighted by Gasteiger charge is -2.34. The fourth-order valence-electron chi connectivity index (χ4n) is 2.11. The van der Waals surface area contributed by atoms with E-state index in [-0.39, 0.29) is 18.6 Å². The summed E-state index contributed by atoms with van der Waals surface area (Å²) in [6, 6.07) is 1.42. The number of nitrogens with zero attached hydrogens (tertiary/aromatic N) is 3. The molecule has 17 heavy (non-hydrogen) atoms. The van der Waals surface area contributed by atoms with Gasteiger partial charge in [-0.05, 0) is 19.9 Å². The van der Waals surface area contributed by atoms with E-state index in [9.17, 15) is 4.79 Å². The van der Waals surface area contributed by atoms with Crippen molar-refractivity contribution in [3.8, 4) is 0 Å². The number of carbonyl (C=O) groups is 1. The molecule has 2 atom stereocenters. The van der Waals surface area contributed by atoms with Gasteiger partial charge in [-0.1, -0.05) is 0 Å². The minimum absolute atomic E-state index is 0.0458. The first-order chi connectivity index (χ1) is 8.02. The van der Waals surface area contributed by atoms with Crippen LogP contribution in [0.1, 0.15) is 25.2 Å². The molecule has 2 rings (SSSR count). The average Bonchev–Trinajstić information content (AvgIpc) is 2.68. The molecular formula is C11H18N4O2. The number of nitrogens with two attached hydrogens (primary N) is 1. The topological polar surface area (TPSA) is 84.4 Å². The third kappa shape index (κ3) is 2.18. The van der Waals surface area contributed by atoms with Gasteiger partial charge in [0.25, 0.3) is 0 Å². The highest BCUT2D eigenvalue weighted by Crippen LogP contribution is 2.19. The molecule has 2 heterocycles. The molecule has 1 aromatic heterocycles. The molecule has 0 aliphatic carbocycles. The Kier molecular flexibility index (Phi) is 3.17. The zero-order valence-corrected chi connectivity index (χ0v) is 10.1. The summed E-state index contributed by atoms with van der Waals surface area (Å²) in [6.07, 6.45) is 0. The molecule has 6 nitrogen and oxygen atoms in total. The van der Waals surface area contributed by atoms with E-state index < -0.39 is 6.04 Å². The van der Waals surface area contributed by atoms with Gasteiger partial charge < -0.3 is 15.7 Å². The largest absolute Gasteiger partial charge is 0.390 e. The molecule has 3 N–H and O–H groups in total. The molecule has 6 heteroatoms. The minimum Gasteiger partial charge on any atom is -0.390 e. The Bertz CT molecular complexity index is 427. The smallest absolute Gasteiger partial charge is 0.239 e. The summed E-state index contributed by atoms with van der Waals surface area (Å²) in [4.78, 5) is 13.7. The van der Waals surface area contributed by atoms with Crippen LogP contribution in [0.25, 0.3) is 0 Å². The summed E-state index contributed by atoms with van der Waals surface area (Å²) in [5, 5.41) is 13.3. The first-order valence-electron chi connectivity index (χ1n) is 5.75. The van der Waals surface area contributed by atoms with Crippen molar-refractivity contribution in [1.29, 1.82) is 0 Å². The van der Waals surface area contributed by atoms with Crippen molar-refractivity contribution in [1.82, 2.24) is 14.7 Å². The zero-order valence-electron chi connectivity index (χ0n) is 10.1. The normalized spacial score (nSPS) is 21.2. The lowest BCUT2D eigenvalue weighted by molar-refractivity contribution is -0.136. The van der Waals surface area contributed by atoms with E-state index in [2.05, 4.69) is 5.10 Å². The molecule has 0 unspecified atom stereocenters. The summed E-state index contributed by atoms with van der Waals surface area (Å²) in [6.45, 7) is 4.75. The second-order valence-corrected chi connectivity index (χ2v) is 4.57. The first-order valence-corrected chi connectivity index (χ1v) is 5.75. The van der Waals surface area contributed by atoms with Crippen LogP contribution in [0.2, 0.25) is 0 Å². The van der Waals surface area contributed by atoms with Gasteiger partial charge in [0.1, 0.15) is 0 Å². The molecular weight excluding hydrogens is 220 g/mol. The molecule has 0 saturated heterocycles. The second-order valence-electron chi connectivity index (χ2n) is 4.57. The average molecular weight is 238 g/mol. The Morgan fingerprint density at radius 3 is 3.06 bits per heavy atom. The highest BCUT2D eigenvalue weighted by Gasteiger charge is 2.29. The van der Waals surface area contributed by atoms with Crippen LogP contribution in [-0.4, -0.2) is 37.8 Å². The van der Waals surface area contributed by atoms with Crippen molar-refractivity contribution in [2.24, 2.45) is 5.73 Å². The molecule has 1 aliphatic rings. The van der Waals surface area contributed by atoms with Crippen LogP contribution in [0.15, 0.2) is 6.07 Å². The summed E-state index contributed by atoms with van der Waals surface area (Å²) in [5.74, 6) is -0.0458. The van der Waals surface area contributed by atoms with Crippen molar-refractivity contribution in [3.63, 3.8) is 0 Å². The highest BCUT2D eigenvalue weighted by atomic mass is 16.3. The number of aromatic nitrogens is 2. The van der Waals surface area contributed by atoms with Gasteiger partial charge in [0, 0.05) is 6.04 Å². The van der Waals surface area contributed by atoms with Crippen LogP contribution in [0.4, 0.5) is 0 Å². The summed E-state index contributed by atoms with van der Waals surface area (Å²) >= 11 is 0. The van der Waals surface area contributed by atoms with Gasteiger partial charge in [-0.15, -0.1) is 0 Å². The van der Waals surface area contributed by atoms with Gasteiger partial charge in [-0.3, -0.25) is 9.48 Å². The fourth-order valence-corrected chi connectivity index (χ4v) is 2.11. The van der Waals surface area contributed by atoms with Crippen molar-refractivity contribution >= 4 is 5.91 Å². The fraction of sp³-hybridized carbons (Fsp3) is 0.636. The van der Waals surface area contributed by atoms with Crippen LogP contribution in [-0.2, 0) is 24.5 Å². The molecule has 1 aromatic rings. The molecule has 0 aromatic carbocycles. The first kappa shape index (κ1) is 12.1. The van der Waals surface area contributed by atoms with Gasteiger partial charge in [0.2, 0.25) is 5.91 Å². The monoisotopic (exact) mass is 238 g/mol. The van der Waals surface area contributed by atoms with Crippen molar-refractivity contribution in [2.45, 2.75) is 45.6 Å². The van der Waals surface area contributed by atoms with Gasteiger partial charge in [-0.2, -0.15) is 5.10 Å². The standard InChI is InChI=1S/C11H18N4O2/c1-7-4-15-10(3-9(6-16)13-15)5-14(7)11(17)8(2)12/h3,7-8,16H,4-6,12H2,1-2H3/t7-,8-/m1/s1. The summed E-state index contributed by atoms with van der Waals surface area (Å²) in [5.41, 5.74) is 7.21. The Hall–Kier alpha value is -1.40. The number of hydrogen-bond donors (Lipinski definition) is 2. The maximum Gasteiger partial charge on any atom is 0.239 e. The van der Waals surface area contributed by atoms with Crippen LogP contribution in [0.3, 0.4) is 0 Å². The predicted octanol–water partition coefficient (Wildman–Crippen LogP) is -0.547. The highest BCUT2D eigenvalue weighted by molar-refractivity contribution is 5.81. The lowest BCUT2D eigenvalue weighted by Crippen LogP contribution is -2.50. The van der Waals surface area contributed by atoms with Gasteiger partial charge in [-0.25, -0.2) is 0 Å². The molecule has 0 saturated carbocycles. The minimum atomic E-state index is -0.482. The van der Waals surface area contributed by atoms with E-state index in [1.165, 1.54) is 0 Å². The van der Waals surface area contributed by atoms with E-state index in [4.69, 9.17) is 10.8 Å². The maximum atomic E-state index is 11.9. The van der Waals surface area contributed by atoms with E-state index in [1.807, 2.05) is 17.7 Å². The SMILES string of the molecule is C[C@@H]1Cn2nc(CO)cc2CN1C(=O)[C@@H](C)N. The van der Waals surface area contributed by atoms with Crippen LogP contribution < -0.4 is 5.73 Å². The number of fused-ring (bicyclic) bond motifs is 1. The van der Waals surface area contributed by atoms with E-state index in [1.54, 1.807) is 11.8 Å². The molecule has 0 fully saturated rings. The van der Waals surface area contributed by atoms with Gasteiger partial charge in [0.15, 0.2) is 0 Å². The van der Waals surface area contributed by atoms with E-state index >= 15 is 0 Å². The van der Waals surface area contributed by atoms with Crippen molar-refractivity contribution in [3.05, 3.63) is 17.5 Å². The molecule has 0 bridgehead atoms. The number of aliphatic hydroxyl groups excluding tert-OH is 1. The number of carbonyl (C=O) groups excluding carboxylic acids is 1. The summed E-state index contributed by atoms with van der Waals surface area (Å²) < 4.78 is 1.85. The lowest BCUT2D eigenvalue weighted by atomic mass is 10.1. The van der Waals surface area contributed by atoms with Gasteiger partial charge in [0.05, 0.1) is 37.1 Å². The number of hydrogen-bond acceptors (Lipinski definition) is 4. The predicted molar refractivity (Wildman–Crippen MR) is 61.8 cm³/mol. The van der Waals surface area contributed by atoms with E-state index in [0.717, 1.165) is 5.69 Å². The van der Waals surface area contributed by atoms with Gasteiger partial charge >= 0.3 is 0 Å². The van der Waals surface area contributed by atoms with Crippen molar-refractivity contribution in [2.75, 3.05) is 0 Å². The van der Waals surface area contributed by atoms with E-state index in [0.29, 0.717) is 18.8 Å². The Balaban J connectivity index is 2.23.